The summed E-state index contributed by atoms with van der Waals surface area (Å²) in [5, 5.41) is 0. The largest absolute Gasteiger partial charge is 0.461 e. The average molecular weight is 483 g/mol. The lowest BCUT2D eigenvalue weighted by molar-refractivity contribution is 0.0520. The van der Waals surface area contributed by atoms with Gasteiger partial charge >= 0.3 is 5.97 Å². The first-order valence-electron chi connectivity index (χ1n) is 11.7. The number of carbonyl (C=O) groups is 1. The molecule has 0 saturated carbocycles. The standard InChI is InChI=1S/C25H30N4O4S/c1-3-5-8-19-11-13-20(14-12-19)34(31,32)29-17-15-28(16-18-29)24-23(25(30)33-4-2)26-21-9-6-7-10-22(21)27-24/h6-7,9-14H,3-5,8,15-18H2,1-2H3. The summed E-state index contributed by atoms with van der Waals surface area (Å²) in [5.74, 6) is -0.108. The molecule has 1 aromatic heterocycles. The Hall–Kier alpha value is -3.04. The Kier molecular flexibility index (Phi) is 7.43. The fourth-order valence-electron chi connectivity index (χ4n) is 4.05. The van der Waals surface area contributed by atoms with E-state index in [4.69, 9.17) is 4.74 Å². The average Bonchev–Trinajstić information content (AvgIpc) is 2.87. The minimum atomic E-state index is -3.60. The number of unbranched alkanes of at least 4 members (excludes halogenated alkanes) is 1. The summed E-state index contributed by atoms with van der Waals surface area (Å²) < 4.78 is 33.1. The van der Waals surface area contributed by atoms with Crippen LogP contribution in [0.1, 0.15) is 42.7 Å². The van der Waals surface area contributed by atoms with Crippen LogP contribution in [0.15, 0.2) is 53.4 Å². The zero-order valence-electron chi connectivity index (χ0n) is 19.6. The third-order valence-electron chi connectivity index (χ3n) is 5.94. The first kappa shape index (κ1) is 24.1. The van der Waals surface area contributed by atoms with Crippen molar-refractivity contribution in [1.82, 2.24) is 14.3 Å². The van der Waals surface area contributed by atoms with Crippen LogP contribution in [0, 0.1) is 0 Å². The molecule has 0 N–H and O–H groups in total. The second-order valence-corrected chi connectivity index (χ2v) is 10.2. The maximum Gasteiger partial charge on any atom is 0.360 e. The third kappa shape index (κ3) is 5.05. The first-order valence-corrected chi connectivity index (χ1v) is 13.2. The third-order valence-corrected chi connectivity index (χ3v) is 7.85. The van der Waals surface area contributed by atoms with Crippen LogP contribution in [-0.4, -0.2) is 61.4 Å². The van der Waals surface area contributed by atoms with Crippen molar-refractivity contribution in [2.45, 2.75) is 38.0 Å². The van der Waals surface area contributed by atoms with Crippen LogP contribution < -0.4 is 4.90 Å². The van der Waals surface area contributed by atoms with Gasteiger partial charge in [0, 0.05) is 26.2 Å². The fourth-order valence-corrected chi connectivity index (χ4v) is 5.47. The molecule has 0 radical (unpaired) electrons. The first-order chi connectivity index (χ1) is 16.4. The van der Waals surface area contributed by atoms with E-state index in [-0.39, 0.29) is 25.4 Å². The number of benzene rings is 2. The van der Waals surface area contributed by atoms with Crippen molar-refractivity contribution in [3.8, 4) is 0 Å². The van der Waals surface area contributed by atoms with Gasteiger partial charge < -0.3 is 9.64 Å². The van der Waals surface area contributed by atoms with E-state index in [0.29, 0.717) is 34.8 Å². The van der Waals surface area contributed by atoms with Crippen LogP contribution in [0.5, 0.6) is 0 Å². The lowest BCUT2D eigenvalue weighted by atomic mass is 10.1. The van der Waals surface area contributed by atoms with Gasteiger partial charge in [0.1, 0.15) is 0 Å². The Morgan fingerprint density at radius 2 is 1.59 bits per heavy atom. The fraction of sp³-hybridized carbons (Fsp3) is 0.400. The molecule has 9 heteroatoms. The number of anilines is 1. The minimum absolute atomic E-state index is 0.152. The summed E-state index contributed by atoms with van der Waals surface area (Å²) >= 11 is 0. The summed E-state index contributed by atoms with van der Waals surface area (Å²) in [7, 11) is -3.60. The van der Waals surface area contributed by atoms with E-state index >= 15 is 0 Å². The Morgan fingerprint density at radius 3 is 2.21 bits per heavy atom. The molecule has 1 saturated heterocycles. The lowest BCUT2D eigenvalue weighted by Crippen LogP contribution is -2.49. The molecule has 34 heavy (non-hydrogen) atoms. The van der Waals surface area contributed by atoms with Gasteiger partial charge in [-0.3, -0.25) is 0 Å². The van der Waals surface area contributed by atoms with Gasteiger partial charge in [-0.25, -0.2) is 23.2 Å². The smallest absolute Gasteiger partial charge is 0.360 e. The maximum absolute atomic E-state index is 13.2. The van der Waals surface area contributed by atoms with Gasteiger partial charge in [0.15, 0.2) is 11.5 Å². The van der Waals surface area contributed by atoms with Crippen LogP contribution >= 0.6 is 0 Å². The molecule has 180 valence electrons. The number of hydrogen-bond acceptors (Lipinski definition) is 7. The van der Waals surface area contributed by atoms with Gasteiger partial charge in [0.05, 0.1) is 22.5 Å². The van der Waals surface area contributed by atoms with Gasteiger partial charge in [-0.2, -0.15) is 4.31 Å². The number of esters is 1. The Labute approximate surface area is 200 Å². The van der Waals surface area contributed by atoms with Crippen LogP contribution in [0.3, 0.4) is 0 Å². The minimum Gasteiger partial charge on any atom is -0.461 e. The predicted molar refractivity (Wildman–Crippen MR) is 132 cm³/mol. The molecule has 1 aliphatic rings. The van der Waals surface area contributed by atoms with Crippen molar-refractivity contribution in [2.24, 2.45) is 0 Å². The van der Waals surface area contributed by atoms with Crippen LogP contribution in [0.2, 0.25) is 0 Å². The second-order valence-electron chi connectivity index (χ2n) is 8.24. The Bertz CT molecular complexity index is 1250. The highest BCUT2D eigenvalue weighted by atomic mass is 32.2. The number of rotatable bonds is 8. The molecule has 1 fully saturated rings. The van der Waals surface area contributed by atoms with Crippen molar-refractivity contribution in [3.05, 3.63) is 59.8 Å². The number of aryl methyl sites for hydroxylation is 1. The summed E-state index contributed by atoms with van der Waals surface area (Å²) in [4.78, 5) is 24.0. The SMILES string of the molecule is CCCCc1ccc(S(=O)(=O)N2CCN(c3nc4ccccc4nc3C(=O)OCC)CC2)cc1. The highest BCUT2D eigenvalue weighted by Crippen LogP contribution is 2.25. The van der Waals surface area contributed by atoms with Gasteiger partial charge in [-0.05, 0) is 49.6 Å². The molecule has 3 aromatic rings. The van der Waals surface area contributed by atoms with Crippen molar-refractivity contribution in [3.63, 3.8) is 0 Å². The van der Waals surface area contributed by atoms with Crippen LogP contribution in [0.25, 0.3) is 11.0 Å². The highest BCUT2D eigenvalue weighted by Gasteiger charge is 2.31. The molecule has 2 aromatic carbocycles. The highest BCUT2D eigenvalue weighted by molar-refractivity contribution is 7.89. The lowest BCUT2D eigenvalue weighted by Gasteiger charge is -2.35. The number of hydrogen-bond donors (Lipinski definition) is 0. The van der Waals surface area contributed by atoms with Crippen molar-refractivity contribution >= 4 is 32.8 Å². The zero-order valence-corrected chi connectivity index (χ0v) is 20.4. The van der Waals surface area contributed by atoms with Gasteiger partial charge in [0.25, 0.3) is 0 Å². The number of aromatic nitrogens is 2. The number of piperazine rings is 1. The number of carbonyl (C=O) groups excluding carboxylic acids is 1. The predicted octanol–water partition coefficient (Wildman–Crippen LogP) is 3.66. The van der Waals surface area contributed by atoms with Crippen LogP contribution in [-0.2, 0) is 21.2 Å². The van der Waals surface area contributed by atoms with E-state index in [1.54, 1.807) is 25.1 Å². The van der Waals surface area contributed by atoms with Gasteiger partial charge in [-0.15, -0.1) is 0 Å². The molecule has 0 aliphatic carbocycles. The molecular formula is C25H30N4O4S. The number of fused-ring (bicyclic) bond motifs is 1. The Balaban J connectivity index is 1.53. The zero-order chi connectivity index (χ0) is 24.1. The van der Waals surface area contributed by atoms with Crippen molar-refractivity contribution < 1.29 is 17.9 Å². The van der Waals surface area contributed by atoms with Gasteiger partial charge in [-0.1, -0.05) is 37.6 Å². The molecule has 0 unspecified atom stereocenters. The summed E-state index contributed by atoms with van der Waals surface area (Å²) in [6.45, 7) is 5.48. The molecule has 4 rings (SSSR count). The van der Waals surface area contributed by atoms with E-state index in [2.05, 4.69) is 16.9 Å². The van der Waals surface area contributed by atoms with E-state index in [1.165, 1.54) is 4.31 Å². The van der Waals surface area contributed by atoms with E-state index in [9.17, 15) is 13.2 Å². The quantitative estimate of drug-likeness (QED) is 0.452. The maximum atomic E-state index is 13.2. The molecule has 0 spiro atoms. The number of para-hydroxylation sites is 2. The molecule has 0 bridgehead atoms. The van der Waals surface area contributed by atoms with Crippen LogP contribution in [0.4, 0.5) is 5.82 Å². The molecule has 0 amide bonds. The second kappa shape index (κ2) is 10.5. The number of sulfonamides is 1. The van der Waals surface area contributed by atoms with E-state index in [0.717, 1.165) is 24.8 Å². The molecule has 8 nitrogen and oxygen atoms in total. The van der Waals surface area contributed by atoms with Crippen molar-refractivity contribution in [1.29, 1.82) is 0 Å². The monoisotopic (exact) mass is 482 g/mol. The number of ether oxygens (including phenoxy) is 1. The van der Waals surface area contributed by atoms with E-state index < -0.39 is 16.0 Å². The molecule has 1 aliphatic heterocycles. The summed E-state index contributed by atoms with van der Waals surface area (Å²) in [6.07, 6.45) is 3.13. The molecular weight excluding hydrogens is 452 g/mol. The summed E-state index contributed by atoms with van der Waals surface area (Å²) in [6, 6.07) is 14.5. The van der Waals surface area contributed by atoms with Gasteiger partial charge in [0.2, 0.25) is 10.0 Å². The molecule has 0 atom stereocenters. The normalized spacial score (nSPS) is 14.9. The van der Waals surface area contributed by atoms with E-state index in [1.807, 2.05) is 35.2 Å². The number of nitrogens with zero attached hydrogens (tertiary/aromatic N) is 4. The Morgan fingerprint density at radius 1 is 0.941 bits per heavy atom. The van der Waals surface area contributed by atoms with Crippen molar-refractivity contribution in [2.75, 3.05) is 37.7 Å². The molecule has 2 heterocycles. The summed E-state index contributed by atoms with van der Waals surface area (Å²) in [5.41, 5.74) is 2.58. The topological polar surface area (TPSA) is 92.7 Å².